The number of halogens is 1. The number of nitrogens with two attached hydrogens (primary N) is 1. The first-order valence-corrected chi connectivity index (χ1v) is 8.62. The van der Waals surface area contributed by atoms with Crippen LogP contribution in [0, 0.1) is 5.82 Å². The highest BCUT2D eigenvalue weighted by Crippen LogP contribution is 2.30. The van der Waals surface area contributed by atoms with E-state index >= 15 is 0 Å². The monoisotopic (exact) mass is 347 g/mol. The average Bonchev–Trinajstić information content (AvgIpc) is 3.18. The zero-order valence-corrected chi connectivity index (χ0v) is 13.7. The van der Waals surface area contributed by atoms with Crippen molar-refractivity contribution in [2.24, 2.45) is 0 Å². The minimum absolute atomic E-state index is 0.232. The van der Waals surface area contributed by atoms with Crippen molar-refractivity contribution in [2.75, 3.05) is 12.3 Å². The van der Waals surface area contributed by atoms with Gasteiger partial charge in [-0.2, -0.15) is 4.37 Å². The predicted molar refractivity (Wildman–Crippen MR) is 92.3 cm³/mol. The lowest BCUT2D eigenvalue weighted by molar-refractivity contribution is 0.0959. The fraction of sp³-hybridized carbons (Fsp3) is 0.125. The first kappa shape index (κ1) is 15.6. The van der Waals surface area contributed by atoms with Crippen LogP contribution in [0.25, 0.3) is 11.3 Å². The molecule has 0 bridgehead atoms. The fourth-order valence-electron chi connectivity index (χ4n) is 2.11. The number of nitrogen functional groups attached to an aromatic ring is 1. The molecule has 23 heavy (non-hydrogen) atoms. The van der Waals surface area contributed by atoms with Crippen LogP contribution in [0.5, 0.6) is 0 Å². The lowest BCUT2D eigenvalue weighted by Gasteiger charge is -2.03. The first-order chi connectivity index (χ1) is 11.1. The Kier molecular flexibility index (Phi) is 4.68. The van der Waals surface area contributed by atoms with Gasteiger partial charge in [-0.05, 0) is 53.7 Å². The Hall–Kier alpha value is -2.25. The van der Waals surface area contributed by atoms with Crippen LogP contribution in [0.3, 0.4) is 0 Å². The number of nitrogens with one attached hydrogen (secondary N) is 1. The van der Waals surface area contributed by atoms with Crippen LogP contribution in [-0.2, 0) is 6.42 Å². The number of hydrogen-bond acceptors (Lipinski definition) is 5. The smallest absolute Gasteiger partial charge is 0.265 e. The quantitative estimate of drug-likeness (QED) is 0.741. The molecule has 0 aliphatic heterocycles. The zero-order chi connectivity index (χ0) is 16.2. The Morgan fingerprint density at radius 1 is 1.26 bits per heavy atom. The topological polar surface area (TPSA) is 68.0 Å². The third kappa shape index (κ3) is 3.57. The van der Waals surface area contributed by atoms with Gasteiger partial charge in [0, 0.05) is 17.0 Å². The van der Waals surface area contributed by atoms with Crippen molar-refractivity contribution >= 4 is 34.5 Å². The number of benzene rings is 1. The number of rotatable bonds is 5. The lowest BCUT2D eigenvalue weighted by Crippen LogP contribution is -2.25. The van der Waals surface area contributed by atoms with E-state index in [-0.39, 0.29) is 11.7 Å². The molecule has 0 saturated carbocycles. The van der Waals surface area contributed by atoms with Crippen molar-refractivity contribution in [2.45, 2.75) is 6.42 Å². The van der Waals surface area contributed by atoms with E-state index in [1.807, 2.05) is 17.5 Å². The molecule has 1 amide bonds. The number of nitrogens with zero attached hydrogens (tertiary/aromatic N) is 1. The SMILES string of the molecule is Nc1c(-c2ccc(F)cc2)nsc1C(=O)NCCc1cccs1. The molecule has 2 aromatic heterocycles. The molecule has 3 N–H and O–H groups in total. The van der Waals surface area contributed by atoms with Crippen LogP contribution >= 0.6 is 22.9 Å². The van der Waals surface area contributed by atoms with Crippen LogP contribution in [0.2, 0.25) is 0 Å². The number of amides is 1. The van der Waals surface area contributed by atoms with E-state index < -0.39 is 0 Å². The molecule has 0 atom stereocenters. The van der Waals surface area contributed by atoms with Gasteiger partial charge in [0.1, 0.15) is 16.4 Å². The average molecular weight is 347 g/mol. The maximum atomic E-state index is 13.0. The van der Waals surface area contributed by atoms with Gasteiger partial charge in [0.05, 0.1) is 5.69 Å². The molecule has 0 aliphatic carbocycles. The van der Waals surface area contributed by atoms with E-state index in [0.717, 1.165) is 18.0 Å². The summed E-state index contributed by atoms with van der Waals surface area (Å²) in [4.78, 5) is 13.8. The second-order valence-corrected chi connectivity index (χ2v) is 6.67. The van der Waals surface area contributed by atoms with Crippen molar-refractivity contribution in [1.29, 1.82) is 0 Å². The molecule has 0 saturated heterocycles. The summed E-state index contributed by atoms with van der Waals surface area (Å²) in [7, 11) is 0. The molecule has 0 aliphatic rings. The normalized spacial score (nSPS) is 10.7. The first-order valence-electron chi connectivity index (χ1n) is 6.97. The van der Waals surface area contributed by atoms with Crippen LogP contribution in [-0.4, -0.2) is 16.8 Å². The van der Waals surface area contributed by atoms with Crippen molar-refractivity contribution in [1.82, 2.24) is 9.69 Å². The third-order valence-electron chi connectivity index (χ3n) is 3.29. The molecular weight excluding hydrogens is 333 g/mol. The van der Waals surface area contributed by atoms with E-state index in [9.17, 15) is 9.18 Å². The summed E-state index contributed by atoms with van der Waals surface area (Å²) in [5.74, 6) is -0.556. The number of carbonyl (C=O) groups is 1. The van der Waals surface area contributed by atoms with Crippen molar-refractivity contribution in [3.05, 3.63) is 57.3 Å². The molecule has 1 aromatic carbocycles. The number of aromatic nitrogens is 1. The second-order valence-electron chi connectivity index (χ2n) is 4.87. The molecule has 2 heterocycles. The molecule has 0 unspecified atom stereocenters. The third-order valence-corrected chi connectivity index (χ3v) is 5.09. The summed E-state index contributed by atoms with van der Waals surface area (Å²) in [6.45, 7) is 0.544. The van der Waals surface area contributed by atoms with E-state index in [1.165, 1.54) is 17.0 Å². The van der Waals surface area contributed by atoms with Gasteiger partial charge in [0.15, 0.2) is 0 Å². The zero-order valence-electron chi connectivity index (χ0n) is 12.1. The lowest BCUT2D eigenvalue weighted by atomic mass is 10.1. The summed E-state index contributed by atoms with van der Waals surface area (Å²) in [5.41, 5.74) is 7.57. The summed E-state index contributed by atoms with van der Waals surface area (Å²) < 4.78 is 17.2. The summed E-state index contributed by atoms with van der Waals surface area (Å²) in [6.07, 6.45) is 0.785. The molecule has 3 aromatic rings. The molecule has 118 valence electrons. The van der Waals surface area contributed by atoms with Crippen LogP contribution in [0.4, 0.5) is 10.1 Å². The highest BCUT2D eigenvalue weighted by molar-refractivity contribution is 7.10. The Morgan fingerprint density at radius 2 is 2.04 bits per heavy atom. The largest absolute Gasteiger partial charge is 0.396 e. The van der Waals surface area contributed by atoms with Crippen LogP contribution < -0.4 is 11.1 Å². The Balaban J connectivity index is 1.68. The van der Waals surface area contributed by atoms with Gasteiger partial charge in [0.2, 0.25) is 0 Å². The molecule has 7 heteroatoms. The van der Waals surface area contributed by atoms with Gasteiger partial charge in [-0.3, -0.25) is 4.79 Å². The second kappa shape index (κ2) is 6.89. The Labute approximate surface area is 140 Å². The summed E-state index contributed by atoms with van der Waals surface area (Å²) in [5, 5.41) is 4.86. The molecular formula is C16H14FN3OS2. The van der Waals surface area contributed by atoms with E-state index in [0.29, 0.717) is 28.4 Å². The van der Waals surface area contributed by atoms with Crippen molar-refractivity contribution in [3.63, 3.8) is 0 Å². The molecule has 0 radical (unpaired) electrons. The molecule has 0 fully saturated rings. The van der Waals surface area contributed by atoms with Gasteiger partial charge in [-0.15, -0.1) is 11.3 Å². The van der Waals surface area contributed by atoms with Crippen LogP contribution in [0.1, 0.15) is 14.5 Å². The summed E-state index contributed by atoms with van der Waals surface area (Å²) >= 11 is 2.71. The highest BCUT2D eigenvalue weighted by atomic mass is 32.1. The molecule has 4 nitrogen and oxygen atoms in total. The maximum absolute atomic E-state index is 13.0. The minimum atomic E-state index is -0.325. The number of hydrogen-bond donors (Lipinski definition) is 2. The van der Waals surface area contributed by atoms with Crippen molar-refractivity contribution < 1.29 is 9.18 Å². The van der Waals surface area contributed by atoms with E-state index in [2.05, 4.69) is 9.69 Å². The molecule has 0 spiro atoms. The Bertz CT molecular complexity index is 797. The summed E-state index contributed by atoms with van der Waals surface area (Å²) in [6, 6.07) is 9.89. The van der Waals surface area contributed by atoms with Gasteiger partial charge in [-0.1, -0.05) is 6.07 Å². The van der Waals surface area contributed by atoms with E-state index in [4.69, 9.17) is 5.73 Å². The van der Waals surface area contributed by atoms with Crippen molar-refractivity contribution in [3.8, 4) is 11.3 Å². The Morgan fingerprint density at radius 3 is 2.74 bits per heavy atom. The maximum Gasteiger partial charge on any atom is 0.265 e. The molecule has 3 rings (SSSR count). The standard InChI is InChI=1S/C16H14FN3OS2/c17-11-5-3-10(4-6-11)14-13(18)15(23-20-14)16(21)19-8-7-12-2-1-9-22-12/h1-6,9H,7-8,18H2,(H,19,21). The van der Waals surface area contributed by atoms with Gasteiger partial charge >= 0.3 is 0 Å². The van der Waals surface area contributed by atoms with Gasteiger partial charge < -0.3 is 11.1 Å². The van der Waals surface area contributed by atoms with Crippen LogP contribution in [0.15, 0.2) is 41.8 Å². The highest BCUT2D eigenvalue weighted by Gasteiger charge is 2.18. The number of carbonyl (C=O) groups excluding carboxylic acids is 1. The number of thiophene rings is 1. The number of anilines is 1. The minimum Gasteiger partial charge on any atom is -0.396 e. The fourth-order valence-corrected chi connectivity index (χ4v) is 3.56. The van der Waals surface area contributed by atoms with Gasteiger partial charge in [0.25, 0.3) is 5.91 Å². The van der Waals surface area contributed by atoms with E-state index in [1.54, 1.807) is 23.5 Å². The van der Waals surface area contributed by atoms with Gasteiger partial charge in [-0.25, -0.2) is 4.39 Å². The predicted octanol–water partition coefficient (Wildman–Crippen LogP) is 3.57.